The van der Waals surface area contributed by atoms with E-state index in [-0.39, 0.29) is 17.4 Å². The Balaban J connectivity index is 1.61. The first-order chi connectivity index (χ1) is 20.7. The Morgan fingerprint density at radius 3 is 2.79 bits per heavy atom. The average molecular weight is 605 g/mol. The number of hydrogen-bond acceptors (Lipinski definition) is 9. The first kappa shape index (κ1) is 29.4. The first-order valence-corrected chi connectivity index (χ1v) is 13.7. The minimum Gasteiger partial charge on any atom is -0.480 e. The number of nitrogens with one attached hydrogen (secondary N) is 1. The Hall–Kier alpha value is -5.08. The van der Waals surface area contributed by atoms with Crippen LogP contribution < -0.4 is 27.6 Å². The van der Waals surface area contributed by atoms with Crippen LogP contribution in [0.1, 0.15) is 37.9 Å². The number of aromatic nitrogens is 5. The van der Waals surface area contributed by atoms with Crippen LogP contribution in [-0.4, -0.2) is 47.6 Å². The second-order valence-corrected chi connectivity index (χ2v) is 10.6. The molecule has 0 unspecified atom stereocenters. The summed E-state index contributed by atoms with van der Waals surface area (Å²) in [4.78, 5) is 47.3. The molecule has 2 atom stereocenters. The van der Waals surface area contributed by atoms with Gasteiger partial charge in [0.15, 0.2) is 0 Å². The number of nitrogens with two attached hydrogens (primary N) is 2. The highest BCUT2D eigenvalue weighted by atomic mass is 35.5. The van der Waals surface area contributed by atoms with Crippen LogP contribution >= 0.6 is 11.6 Å². The van der Waals surface area contributed by atoms with Gasteiger partial charge in [0.05, 0.1) is 47.0 Å². The van der Waals surface area contributed by atoms with E-state index in [1.807, 2.05) is 6.92 Å². The lowest BCUT2D eigenvalue weighted by molar-refractivity contribution is -0.137. The van der Waals surface area contributed by atoms with E-state index in [1.54, 1.807) is 36.5 Å². The minimum atomic E-state index is -1.09. The largest absolute Gasteiger partial charge is 0.480 e. The maximum absolute atomic E-state index is 13.7. The van der Waals surface area contributed by atoms with Gasteiger partial charge in [0.25, 0.3) is 5.56 Å². The third-order valence-electron chi connectivity index (χ3n) is 7.22. The number of nitrogens with zero attached hydrogens (tertiary/aromatic N) is 7. The zero-order valence-electron chi connectivity index (χ0n) is 23.1. The second kappa shape index (κ2) is 12.4. The van der Waals surface area contributed by atoms with Gasteiger partial charge in [-0.2, -0.15) is 10.2 Å². The number of benzene rings is 1. The molecule has 2 bridgehead atoms. The Bertz CT molecular complexity index is 1770. The summed E-state index contributed by atoms with van der Waals surface area (Å²) in [5, 5.41) is 21.6. The molecule has 0 spiro atoms. The molecule has 1 aromatic carbocycles. The van der Waals surface area contributed by atoms with Gasteiger partial charge < -0.3 is 16.3 Å². The zero-order chi connectivity index (χ0) is 30.7. The summed E-state index contributed by atoms with van der Waals surface area (Å²) in [6, 6.07) is 9.28. The van der Waals surface area contributed by atoms with Gasteiger partial charge in [-0.3, -0.25) is 33.6 Å². The summed E-state index contributed by atoms with van der Waals surface area (Å²) < 4.78 is 2.80. The number of carboxylic acid groups (broad SMARTS) is 1. The van der Waals surface area contributed by atoms with Gasteiger partial charge in [-0.1, -0.05) is 24.9 Å². The van der Waals surface area contributed by atoms with Gasteiger partial charge in [0.2, 0.25) is 5.91 Å². The van der Waals surface area contributed by atoms with Crippen molar-refractivity contribution in [1.29, 1.82) is 0 Å². The monoisotopic (exact) mass is 604 g/mol. The van der Waals surface area contributed by atoms with E-state index >= 15 is 0 Å². The number of amides is 1. The summed E-state index contributed by atoms with van der Waals surface area (Å²) in [5.41, 5.74) is 2.93. The fourth-order valence-electron chi connectivity index (χ4n) is 5.11. The van der Waals surface area contributed by atoms with Crippen molar-refractivity contribution in [2.24, 2.45) is 22.7 Å². The summed E-state index contributed by atoms with van der Waals surface area (Å²) >= 11 is 6.25. The molecule has 4 aromatic rings. The topological polar surface area (TPSA) is 200 Å². The summed E-state index contributed by atoms with van der Waals surface area (Å²) in [6.45, 7) is 1.41. The fraction of sp³-hybridized carbons (Fsp3) is 0.250. The number of anilines is 2. The molecule has 0 aliphatic carbocycles. The number of rotatable bonds is 6. The van der Waals surface area contributed by atoms with E-state index < -0.39 is 18.6 Å². The molecule has 0 saturated heterocycles. The lowest BCUT2D eigenvalue weighted by atomic mass is 9.97. The van der Waals surface area contributed by atoms with Gasteiger partial charge >= 0.3 is 5.97 Å². The summed E-state index contributed by atoms with van der Waals surface area (Å²) in [5.74, 6) is 9.67. The van der Waals surface area contributed by atoms with Crippen LogP contribution in [0.2, 0.25) is 5.02 Å². The smallest absolute Gasteiger partial charge is 0.325 e. The fourth-order valence-corrected chi connectivity index (χ4v) is 5.28. The van der Waals surface area contributed by atoms with Crippen molar-refractivity contribution in [3.05, 3.63) is 76.2 Å². The van der Waals surface area contributed by atoms with Gasteiger partial charge in [-0.05, 0) is 43.2 Å². The van der Waals surface area contributed by atoms with E-state index in [9.17, 15) is 19.5 Å². The van der Waals surface area contributed by atoms with Crippen molar-refractivity contribution in [2.45, 2.75) is 38.8 Å². The number of pyridine rings is 1. The first-order valence-electron chi connectivity index (χ1n) is 13.4. The molecule has 5 rings (SSSR count). The van der Waals surface area contributed by atoms with E-state index in [1.165, 1.54) is 39.2 Å². The number of carbonyl (C=O) groups excluding carboxylic acids is 1. The number of hydrogen-bond donors (Lipinski definition) is 4. The molecule has 3 aromatic heterocycles. The average Bonchev–Trinajstić information content (AvgIpc) is 3.36. The number of aliphatic carboxylic acids is 1. The maximum Gasteiger partial charge on any atom is 0.325 e. The van der Waals surface area contributed by atoms with Gasteiger partial charge in [-0.15, -0.1) is 0 Å². The highest BCUT2D eigenvalue weighted by Crippen LogP contribution is 2.34. The predicted molar refractivity (Wildman–Crippen MR) is 161 cm³/mol. The number of hydrazine groups is 1. The van der Waals surface area contributed by atoms with E-state index in [2.05, 4.69) is 25.5 Å². The third-order valence-corrected chi connectivity index (χ3v) is 7.45. The zero-order valence-corrected chi connectivity index (χ0v) is 23.8. The number of halogens is 1. The predicted octanol–water partition coefficient (Wildman–Crippen LogP) is 2.84. The molecule has 43 heavy (non-hydrogen) atoms. The highest BCUT2D eigenvalue weighted by molar-refractivity contribution is 6.31. The maximum atomic E-state index is 13.7. The highest BCUT2D eigenvalue weighted by Gasteiger charge is 2.25. The van der Waals surface area contributed by atoms with Crippen LogP contribution in [0, 0.1) is 5.92 Å². The molecule has 0 fully saturated rings. The molecular weight excluding hydrogens is 576 g/mol. The molecule has 1 amide bonds. The molecule has 0 radical (unpaired) electrons. The molecule has 14 nitrogen and oxygen atoms in total. The Morgan fingerprint density at radius 2 is 2.05 bits per heavy atom. The number of carbonyl (C=O) groups is 2. The molecule has 1 aliphatic rings. The van der Waals surface area contributed by atoms with Crippen molar-refractivity contribution in [3.63, 3.8) is 0 Å². The van der Waals surface area contributed by atoms with E-state index in [0.717, 1.165) is 0 Å². The van der Waals surface area contributed by atoms with Crippen molar-refractivity contribution < 1.29 is 14.7 Å². The lowest BCUT2D eigenvalue weighted by Gasteiger charge is -2.22. The molecule has 1 aliphatic heterocycles. The number of fused-ring (bicyclic) bond motifs is 4. The molecule has 222 valence electrons. The number of hydrazone groups is 1. The van der Waals surface area contributed by atoms with Crippen LogP contribution in [0.5, 0.6) is 0 Å². The van der Waals surface area contributed by atoms with E-state index in [0.29, 0.717) is 63.9 Å². The minimum absolute atomic E-state index is 0.211. The van der Waals surface area contributed by atoms with Crippen LogP contribution in [0.25, 0.3) is 22.5 Å². The van der Waals surface area contributed by atoms with Crippen LogP contribution in [0.4, 0.5) is 11.4 Å². The summed E-state index contributed by atoms with van der Waals surface area (Å²) in [6.07, 6.45) is 7.32. The Labute approximate surface area is 250 Å². The Morgan fingerprint density at radius 1 is 1.23 bits per heavy atom. The van der Waals surface area contributed by atoms with Crippen molar-refractivity contribution in [3.8, 4) is 22.5 Å². The summed E-state index contributed by atoms with van der Waals surface area (Å²) in [7, 11) is 0. The van der Waals surface area contributed by atoms with Gasteiger partial charge in [0.1, 0.15) is 12.9 Å². The SMILES string of the molecule is C[C@@H]1CCC[C@H](n2cnc(-c3cc(Cl)ccc3N(N)/C=N\N)cc2=O)c2cc(ccn2)-c2c(cnn2CC(=O)O)NC1=O. The number of carboxylic acids is 1. The van der Waals surface area contributed by atoms with Gasteiger partial charge in [-0.25, -0.2) is 10.8 Å². The molecule has 0 saturated carbocycles. The van der Waals surface area contributed by atoms with Crippen molar-refractivity contribution in [2.75, 3.05) is 10.3 Å². The van der Waals surface area contributed by atoms with Crippen molar-refractivity contribution >= 4 is 41.2 Å². The standard InChI is InChI=1S/C28H29ClN10O4/c1-16-3-2-4-24(21-9-17(7-8-32-21)27-22(36-28(16)43)12-35-39(27)13-26(41)42)37-14-33-20(11-25(37)40)19-10-18(29)5-6-23(19)38(31)15-34-30/h5-12,14-16,24H,2-4,13,30-31H2,1H3,(H,36,43)(H,41,42)/b34-15-/t16-,24+/m1/s1. The molecule has 4 heterocycles. The quantitative estimate of drug-likeness (QED) is 0.110. The third kappa shape index (κ3) is 6.24. The van der Waals surface area contributed by atoms with Crippen LogP contribution in [0.15, 0.2) is 65.0 Å². The van der Waals surface area contributed by atoms with E-state index in [4.69, 9.17) is 23.3 Å². The van der Waals surface area contributed by atoms with Crippen LogP contribution in [0.3, 0.4) is 0 Å². The lowest BCUT2D eigenvalue weighted by Crippen LogP contribution is -2.30. The normalized spacial score (nSPS) is 17.0. The van der Waals surface area contributed by atoms with Crippen molar-refractivity contribution in [1.82, 2.24) is 24.3 Å². The van der Waals surface area contributed by atoms with Gasteiger partial charge in [0, 0.05) is 34.3 Å². The molecular formula is C28H29ClN10O4. The second-order valence-electron chi connectivity index (χ2n) is 10.1. The van der Waals surface area contributed by atoms with Crippen LogP contribution in [-0.2, 0) is 16.1 Å². The molecule has 6 N–H and O–H groups in total. The Kier molecular flexibility index (Phi) is 8.50. The molecule has 15 heteroatoms.